The fourth-order valence-corrected chi connectivity index (χ4v) is 3.75. The molecule has 0 spiro atoms. The highest BCUT2D eigenvalue weighted by molar-refractivity contribution is 6.22. The minimum Gasteiger partial charge on any atom is -0.497 e. The first-order valence-corrected chi connectivity index (χ1v) is 8.95. The highest BCUT2D eigenvalue weighted by Gasteiger charge is 2.38. The van der Waals surface area contributed by atoms with Gasteiger partial charge in [0.05, 0.1) is 18.2 Å². The molecule has 2 aliphatic rings. The van der Waals surface area contributed by atoms with Crippen molar-refractivity contribution >= 4 is 17.7 Å². The van der Waals surface area contributed by atoms with Crippen molar-refractivity contribution in [1.82, 2.24) is 9.80 Å². The van der Waals surface area contributed by atoms with Crippen LogP contribution in [0, 0.1) is 0 Å². The average Bonchev–Trinajstić information content (AvgIpc) is 3.29. The van der Waals surface area contributed by atoms with Gasteiger partial charge in [0.1, 0.15) is 12.3 Å². The second-order valence-corrected chi connectivity index (χ2v) is 6.84. The molecule has 0 bridgehead atoms. The monoisotopic (exact) mass is 364 g/mol. The number of carbonyl (C=O) groups is 3. The third kappa shape index (κ3) is 3.07. The Balaban J connectivity index is 1.41. The molecule has 2 aromatic carbocycles. The molecule has 2 heterocycles. The molecule has 1 unspecified atom stereocenters. The summed E-state index contributed by atoms with van der Waals surface area (Å²) in [6, 6.07) is 14.5. The van der Waals surface area contributed by atoms with Gasteiger partial charge in [-0.3, -0.25) is 19.3 Å². The van der Waals surface area contributed by atoms with Gasteiger partial charge in [-0.1, -0.05) is 24.3 Å². The van der Waals surface area contributed by atoms with Gasteiger partial charge in [-0.2, -0.15) is 0 Å². The topological polar surface area (TPSA) is 66.9 Å². The van der Waals surface area contributed by atoms with Crippen LogP contribution in [-0.2, 0) is 4.79 Å². The Hall–Kier alpha value is -3.15. The van der Waals surface area contributed by atoms with Gasteiger partial charge in [0.15, 0.2) is 0 Å². The summed E-state index contributed by atoms with van der Waals surface area (Å²) in [4.78, 5) is 40.3. The molecular weight excluding hydrogens is 344 g/mol. The second-order valence-electron chi connectivity index (χ2n) is 6.84. The lowest BCUT2D eigenvalue weighted by atomic mass is 9.98. The van der Waals surface area contributed by atoms with Crippen LogP contribution in [0.3, 0.4) is 0 Å². The van der Waals surface area contributed by atoms with Crippen molar-refractivity contribution < 1.29 is 19.1 Å². The molecule has 0 N–H and O–H groups in total. The fourth-order valence-electron chi connectivity index (χ4n) is 3.75. The van der Waals surface area contributed by atoms with E-state index in [2.05, 4.69) is 0 Å². The van der Waals surface area contributed by atoms with Gasteiger partial charge < -0.3 is 9.64 Å². The van der Waals surface area contributed by atoms with E-state index in [1.807, 2.05) is 24.3 Å². The van der Waals surface area contributed by atoms with Crippen molar-refractivity contribution in [3.05, 3.63) is 65.2 Å². The number of ether oxygens (including phenoxy) is 1. The third-order valence-corrected chi connectivity index (χ3v) is 5.30. The van der Waals surface area contributed by atoms with Crippen LogP contribution in [0.4, 0.5) is 0 Å². The maximum absolute atomic E-state index is 12.7. The minimum atomic E-state index is -0.394. The number of hydrogen-bond donors (Lipinski definition) is 0. The Labute approximate surface area is 157 Å². The molecular formula is C21H20N2O4. The number of rotatable bonds is 4. The number of nitrogens with zero attached hydrogens (tertiary/aromatic N) is 2. The number of fused-ring (bicyclic) bond motifs is 1. The lowest BCUT2D eigenvalue weighted by Crippen LogP contribution is -2.41. The van der Waals surface area contributed by atoms with Crippen LogP contribution in [0.25, 0.3) is 0 Å². The lowest BCUT2D eigenvalue weighted by molar-refractivity contribution is -0.130. The van der Waals surface area contributed by atoms with E-state index in [0.29, 0.717) is 24.2 Å². The van der Waals surface area contributed by atoms with Gasteiger partial charge in [0, 0.05) is 19.0 Å². The van der Waals surface area contributed by atoms with Gasteiger partial charge in [-0.05, 0) is 36.2 Å². The molecule has 0 aromatic heterocycles. The standard InChI is InChI=1S/C21H20N2O4/c1-27-16-8-6-14(7-9-16)15-10-11-22(12-15)19(24)13-23-20(25)17-4-2-3-5-18(17)21(23)26/h2-9,15H,10-13H2,1H3. The molecule has 2 aliphatic heterocycles. The van der Waals surface area contributed by atoms with Crippen LogP contribution in [-0.4, -0.2) is 54.3 Å². The number of likely N-dealkylation sites (tertiary alicyclic amines) is 1. The molecule has 6 nitrogen and oxygen atoms in total. The van der Waals surface area contributed by atoms with Gasteiger partial charge >= 0.3 is 0 Å². The van der Waals surface area contributed by atoms with Gasteiger partial charge in [-0.15, -0.1) is 0 Å². The summed E-state index contributed by atoms with van der Waals surface area (Å²) < 4.78 is 5.18. The van der Waals surface area contributed by atoms with Gasteiger partial charge in [0.2, 0.25) is 5.91 Å². The highest BCUT2D eigenvalue weighted by atomic mass is 16.5. The quantitative estimate of drug-likeness (QED) is 0.781. The first-order valence-electron chi connectivity index (χ1n) is 8.95. The number of carbonyl (C=O) groups excluding carboxylic acids is 3. The number of amides is 3. The van der Waals surface area contributed by atoms with Crippen LogP contribution < -0.4 is 4.74 Å². The highest BCUT2D eigenvalue weighted by Crippen LogP contribution is 2.29. The maximum atomic E-state index is 12.7. The molecule has 6 heteroatoms. The molecule has 138 valence electrons. The van der Waals surface area contributed by atoms with Crippen molar-refractivity contribution in [1.29, 1.82) is 0 Å². The molecule has 4 rings (SSSR count). The fraction of sp³-hybridized carbons (Fsp3) is 0.286. The zero-order valence-corrected chi connectivity index (χ0v) is 15.1. The largest absolute Gasteiger partial charge is 0.497 e. The number of hydrogen-bond acceptors (Lipinski definition) is 4. The summed E-state index contributed by atoms with van der Waals surface area (Å²) in [6.45, 7) is 1.01. The van der Waals surface area contributed by atoms with E-state index in [-0.39, 0.29) is 18.4 Å². The van der Waals surface area contributed by atoms with Crippen molar-refractivity contribution in [3.8, 4) is 5.75 Å². The molecule has 27 heavy (non-hydrogen) atoms. The summed E-state index contributed by atoms with van der Waals surface area (Å²) in [5.41, 5.74) is 1.90. The Morgan fingerprint density at radius 2 is 1.67 bits per heavy atom. The third-order valence-electron chi connectivity index (χ3n) is 5.30. The molecule has 2 aromatic rings. The van der Waals surface area contributed by atoms with Crippen molar-refractivity contribution in [2.24, 2.45) is 0 Å². The predicted molar refractivity (Wildman–Crippen MR) is 98.7 cm³/mol. The molecule has 0 aliphatic carbocycles. The van der Waals surface area contributed by atoms with Crippen molar-refractivity contribution in [3.63, 3.8) is 0 Å². The molecule has 3 amide bonds. The molecule has 0 saturated carbocycles. The number of methoxy groups -OCH3 is 1. The Kier molecular flexibility index (Phi) is 4.39. The average molecular weight is 364 g/mol. The Bertz CT molecular complexity index is 872. The zero-order chi connectivity index (χ0) is 19.0. The van der Waals surface area contributed by atoms with E-state index < -0.39 is 11.8 Å². The summed E-state index contributed by atoms with van der Waals surface area (Å²) in [5, 5.41) is 0. The lowest BCUT2D eigenvalue weighted by Gasteiger charge is -2.20. The Morgan fingerprint density at radius 3 is 2.26 bits per heavy atom. The van der Waals surface area contributed by atoms with Crippen molar-refractivity contribution in [2.45, 2.75) is 12.3 Å². The molecule has 1 saturated heterocycles. The first-order chi connectivity index (χ1) is 13.1. The van der Waals surface area contributed by atoms with E-state index in [0.717, 1.165) is 22.6 Å². The smallest absolute Gasteiger partial charge is 0.262 e. The summed E-state index contributed by atoms with van der Waals surface area (Å²) in [6.07, 6.45) is 0.861. The summed E-state index contributed by atoms with van der Waals surface area (Å²) >= 11 is 0. The SMILES string of the molecule is COc1ccc(C2CCN(C(=O)CN3C(=O)c4ccccc4C3=O)C2)cc1. The minimum absolute atomic E-state index is 0.194. The van der Waals surface area contributed by atoms with Gasteiger partial charge in [-0.25, -0.2) is 0 Å². The second kappa shape index (κ2) is 6.87. The molecule has 1 fully saturated rings. The van der Waals surface area contributed by atoms with E-state index >= 15 is 0 Å². The number of benzene rings is 2. The van der Waals surface area contributed by atoms with Crippen LogP contribution in [0.15, 0.2) is 48.5 Å². The summed E-state index contributed by atoms with van der Waals surface area (Å²) in [7, 11) is 1.63. The van der Waals surface area contributed by atoms with E-state index in [1.165, 1.54) is 0 Å². The van der Waals surface area contributed by atoms with E-state index in [4.69, 9.17) is 4.74 Å². The van der Waals surface area contributed by atoms with Crippen molar-refractivity contribution in [2.75, 3.05) is 26.7 Å². The molecule has 1 atom stereocenters. The van der Waals surface area contributed by atoms with Crippen LogP contribution in [0.1, 0.15) is 38.6 Å². The first kappa shape index (κ1) is 17.3. The number of imide groups is 1. The molecule has 0 radical (unpaired) electrons. The maximum Gasteiger partial charge on any atom is 0.262 e. The zero-order valence-electron chi connectivity index (χ0n) is 15.1. The van der Waals surface area contributed by atoms with Crippen LogP contribution >= 0.6 is 0 Å². The van der Waals surface area contributed by atoms with E-state index in [9.17, 15) is 14.4 Å². The normalized spacial score (nSPS) is 18.8. The van der Waals surface area contributed by atoms with Crippen LogP contribution in [0.5, 0.6) is 5.75 Å². The Morgan fingerprint density at radius 1 is 1.04 bits per heavy atom. The predicted octanol–water partition coefficient (Wildman–Crippen LogP) is 2.31. The van der Waals surface area contributed by atoms with Crippen LogP contribution in [0.2, 0.25) is 0 Å². The summed E-state index contributed by atoms with van der Waals surface area (Å²) in [5.74, 6) is 0.0718. The van der Waals surface area contributed by atoms with E-state index in [1.54, 1.807) is 36.3 Å². The van der Waals surface area contributed by atoms with Gasteiger partial charge in [0.25, 0.3) is 11.8 Å².